The van der Waals surface area contributed by atoms with E-state index in [1.807, 2.05) is 0 Å². The minimum Gasteiger partial charge on any atom is -0.311 e. The van der Waals surface area contributed by atoms with Gasteiger partial charge in [0.15, 0.2) is 0 Å². The van der Waals surface area contributed by atoms with Gasteiger partial charge in [-0.15, -0.1) is 0 Å². The monoisotopic (exact) mass is 238 g/mol. The summed E-state index contributed by atoms with van der Waals surface area (Å²) in [5, 5.41) is 3.79. The Hall–Kier alpha value is -0.0800. The standard InChI is InChI=1S/C15H30N2/c1-4-7-14-11-17(10-13-8-9-13)15(5-2,6-3)12-16-14/h13-14,16H,4-12H2,1-3H3. The Labute approximate surface area is 107 Å². The van der Waals surface area contributed by atoms with Gasteiger partial charge in [0.05, 0.1) is 0 Å². The molecule has 0 radical (unpaired) electrons. The molecule has 1 saturated heterocycles. The summed E-state index contributed by atoms with van der Waals surface area (Å²) < 4.78 is 0. The predicted molar refractivity (Wildman–Crippen MR) is 74.3 cm³/mol. The summed E-state index contributed by atoms with van der Waals surface area (Å²) in [7, 11) is 0. The second-order valence-electron chi connectivity index (χ2n) is 6.15. The van der Waals surface area contributed by atoms with Gasteiger partial charge in [-0.3, -0.25) is 4.90 Å². The van der Waals surface area contributed by atoms with Crippen LogP contribution in [-0.2, 0) is 0 Å². The Kier molecular flexibility index (Phi) is 4.48. The number of piperazine rings is 1. The number of rotatable bonds is 6. The van der Waals surface area contributed by atoms with E-state index in [-0.39, 0.29) is 0 Å². The molecule has 0 spiro atoms. The molecule has 1 aliphatic heterocycles. The summed E-state index contributed by atoms with van der Waals surface area (Å²) >= 11 is 0. The van der Waals surface area contributed by atoms with Crippen LogP contribution in [0.2, 0.25) is 0 Å². The molecule has 0 bridgehead atoms. The van der Waals surface area contributed by atoms with Crippen molar-refractivity contribution in [2.75, 3.05) is 19.6 Å². The molecule has 0 aromatic rings. The van der Waals surface area contributed by atoms with Crippen LogP contribution in [0.5, 0.6) is 0 Å². The summed E-state index contributed by atoms with van der Waals surface area (Å²) in [6, 6.07) is 0.741. The first-order valence-electron chi connectivity index (χ1n) is 7.72. The smallest absolute Gasteiger partial charge is 0.0329 e. The van der Waals surface area contributed by atoms with Crippen LogP contribution < -0.4 is 5.32 Å². The first-order valence-corrected chi connectivity index (χ1v) is 7.72. The topological polar surface area (TPSA) is 15.3 Å². The summed E-state index contributed by atoms with van der Waals surface area (Å²) in [6.45, 7) is 10.9. The van der Waals surface area contributed by atoms with E-state index in [0.29, 0.717) is 5.54 Å². The highest BCUT2D eigenvalue weighted by atomic mass is 15.3. The Morgan fingerprint density at radius 2 is 1.88 bits per heavy atom. The lowest BCUT2D eigenvalue weighted by atomic mass is 9.86. The van der Waals surface area contributed by atoms with Crippen molar-refractivity contribution in [3.63, 3.8) is 0 Å². The Morgan fingerprint density at radius 3 is 2.41 bits per heavy atom. The molecular formula is C15H30N2. The Balaban J connectivity index is 1.99. The minimum absolute atomic E-state index is 0.451. The van der Waals surface area contributed by atoms with E-state index in [1.165, 1.54) is 58.2 Å². The van der Waals surface area contributed by atoms with Crippen LogP contribution in [0.25, 0.3) is 0 Å². The van der Waals surface area contributed by atoms with Gasteiger partial charge in [0.2, 0.25) is 0 Å². The maximum atomic E-state index is 3.79. The van der Waals surface area contributed by atoms with Gasteiger partial charge >= 0.3 is 0 Å². The van der Waals surface area contributed by atoms with Crippen molar-refractivity contribution in [1.29, 1.82) is 0 Å². The van der Waals surface area contributed by atoms with Crippen LogP contribution in [0.1, 0.15) is 59.3 Å². The number of hydrogen-bond donors (Lipinski definition) is 1. The lowest BCUT2D eigenvalue weighted by Gasteiger charge is -2.50. The fourth-order valence-electron chi connectivity index (χ4n) is 3.34. The quantitative estimate of drug-likeness (QED) is 0.765. The van der Waals surface area contributed by atoms with Crippen molar-refractivity contribution in [3.8, 4) is 0 Å². The van der Waals surface area contributed by atoms with Crippen molar-refractivity contribution in [1.82, 2.24) is 10.2 Å². The van der Waals surface area contributed by atoms with Gasteiger partial charge in [0, 0.05) is 31.2 Å². The third-order valence-electron chi connectivity index (χ3n) is 4.96. The zero-order valence-electron chi connectivity index (χ0n) is 12.0. The van der Waals surface area contributed by atoms with Gasteiger partial charge in [-0.25, -0.2) is 0 Å². The van der Waals surface area contributed by atoms with Crippen molar-refractivity contribution in [2.45, 2.75) is 70.9 Å². The molecule has 1 saturated carbocycles. The lowest BCUT2D eigenvalue weighted by Crippen LogP contribution is -2.64. The molecule has 100 valence electrons. The molecule has 2 fully saturated rings. The Morgan fingerprint density at radius 1 is 1.18 bits per heavy atom. The maximum Gasteiger partial charge on any atom is 0.0329 e. The SMILES string of the molecule is CCCC1CN(CC2CC2)C(CC)(CC)CN1. The average Bonchev–Trinajstić information content (AvgIpc) is 3.15. The third kappa shape index (κ3) is 3.03. The van der Waals surface area contributed by atoms with Crippen LogP contribution >= 0.6 is 0 Å². The highest BCUT2D eigenvalue weighted by Crippen LogP contribution is 2.35. The van der Waals surface area contributed by atoms with Crippen molar-refractivity contribution in [3.05, 3.63) is 0 Å². The second-order valence-corrected chi connectivity index (χ2v) is 6.15. The zero-order valence-corrected chi connectivity index (χ0v) is 12.0. The van der Waals surface area contributed by atoms with E-state index < -0.39 is 0 Å². The summed E-state index contributed by atoms with van der Waals surface area (Å²) in [6.07, 6.45) is 8.19. The zero-order chi connectivity index (χ0) is 12.3. The molecule has 1 atom stereocenters. The molecule has 2 rings (SSSR count). The normalized spacial score (nSPS) is 29.5. The molecule has 2 nitrogen and oxygen atoms in total. The van der Waals surface area contributed by atoms with Gasteiger partial charge in [0.1, 0.15) is 0 Å². The Bertz CT molecular complexity index is 231. The molecule has 0 aromatic carbocycles. The molecule has 2 heteroatoms. The van der Waals surface area contributed by atoms with E-state index in [4.69, 9.17) is 0 Å². The molecule has 2 aliphatic rings. The van der Waals surface area contributed by atoms with Crippen molar-refractivity contribution in [2.24, 2.45) is 5.92 Å². The van der Waals surface area contributed by atoms with E-state index in [2.05, 4.69) is 31.0 Å². The highest BCUT2D eigenvalue weighted by molar-refractivity contribution is 4.99. The fraction of sp³-hybridized carbons (Fsp3) is 1.00. The van der Waals surface area contributed by atoms with E-state index >= 15 is 0 Å². The van der Waals surface area contributed by atoms with Crippen LogP contribution in [0.15, 0.2) is 0 Å². The van der Waals surface area contributed by atoms with Crippen LogP contribution in [-0.4, -0.2) is 36.1 Å². The van der Waals surface area contributed by atoms with Crippen LogP contribution in [0.4, 0.5) is 0 Å². The van der Waals surface area contributed by atoms with Gasteiger partial charge in [0.25, 0.3) is 0 Å². The molecule has 1 aliphatic carbocycles. The predicted octanol–water partition coefficient (Wildman–Crippen LogP) is 3.03. The summed E-state index contributed by atoms with van der Waals surface area (Å²) in [5.41, 5.74) is 0.451. The lowest BCUT2D eigenvalue weighted by molar-refractivity contribution is 0.0259. The average molecular weight is 238 g/mol. The summed E-state index contributed by atoms with van der Waals surface area (Å²) in [4.78, 5) is 2.83. The van der Waals surface area contributed by atoms with Gasteiger partial charge in [-0.2, -0.15) is 0 Å². The van der Waals surface area contributed by atoms with Crippen molar-refractivity contribution < 1.29 is 0 Å². The molecule has 0 aromatic heterocycles. The molecule has 1 unspecified atom stereocenters. The van der Waals surface area contributed by atoms with Crippen LogP contribution in [0.3, 0.4) is 0 Å². The number of nitrogens with one attached hydrogen (secondary N) is 1. The molecule has 17 heavy (non-hydrogen) atoms. The second kappa shape index (κ2) is 5.71. The molecule has 1 heterocycles. The van der Waals surface area contributed by atoms with Crippen LogP contribution in [0, 0.1) is 5.92 Å². The number of nitrogens with zero attached hydrogens (tertiary/aromatic N) is 1. The van der Waals surface area contributed by atoms with Gasteiger partial charge in [-0.1, -0.05) is 27.2 Å². The van der Waals surface area contributed by atoms with Gasteiger partial charge < -0.3 is 5.32 Å². The maximum absolute atomic E-state index is 3.79. The first-order chi connectivity index (χ1) is 8.24. The molecule has 1 N–H and O–H groups in total. The van der Waals surface area contributed by atoms with Crippen molar-refractivity contribution >= 4 is 0 Å². The first kappa shape index (κ1) is 13.4. The minimum atomic E-state index is 0.451. The van der Waals surface area contributed by atoms with Gasteiger partial charge in [-0.05, 0) is 38.0 Å². The third-order valence-corrected chi connectivity index (χ3v) is 4.96. The number of hydrogen-bond acceptors (Lipinski definition) is 2. The fourth-order valence-corrected chi connectivity index (χ4v) is 3.34. The largest absolute Gasteiger partial charge is 0.311 e. The summed E-state index contributed by atoms with van der Waals surface area (Å²) in [5.74, 6) is 1.02. The van der Waals surface area contributed by atoms with E-state index in [9.17, 15) is 0 Å². The highest BCUT2D eigenvalue weighted by Gasteiger charge is 2.40. The molecular weight excluding hydrogens is 208 g/mol. The van der Waals surface area contributed by atoms with E-state index in [0.717, 1.165) is 12.0 Å². The molecule has 0 amide bonds. The van der Waals surface area contributed by atoms with E-state index in [1.54, 1.807) is 0 Å².